The van der Waals surface area contributed by atoms with Crippen LogP contribution in [0.1, 0.15) is 16.7 Å². The van der Waals surface area contributed by atoms with E-state index in [2.05, 4.69) is 76.6 Å². The van der Waals surface area contributed by atoms with Crippen molar-refractivity contribution in [2.24, 2.45) is 0 Å². The van der Waals surface area contributed by atoms with Crippen LogP contribution >= 0.6 is 25.8 Å². The SMILES string of the molecule is COc1cc(C(Br)(c2ccccc2)c2ccccc2)c(-c2ccccc2)c(OC)c1OC.P. The Labute approximate surface area is 207 Å². The van der Waals surface area contributed by atoms with Gasteiger partial charge >= 0.3 is 0 Å². The predicted octanol–water partition coefficient (Wildman–Crippen LogP) is 7.12. The molecule has 0 N–H and O–H groups in total. The van der Waals surface area contributed by atoms with Crippen molar-refractivity contribution >= 4 is 25.8 Å². The fraction of sp³-hybridized carbons (Fsp3) is 0.143. The second kappa shape index (κ2) is 10.9. The van der Waals surface area contributed by atoms with Crippen molar-refractivity contribution < 1.29 is 14.2 Å². The quantitative estimate of drug-likeness (QED) is 0.147. The van der Waals surface area contributed by atoms with Gasteiger partial charge in [0, 0.05) is 5.56 Å². The van der Waals surface area contributed by atoms with Gasteiger partial charge in [-0.15, -0.1) is 0 Å². The van der Waals surface area contributed by atoms with E-state index in [9.17, 15) is 0 Å². The Morgan fingerprint density at radius 2 is 1.06 bits per heavy atom. The van der Waals surface area contributed by atoms with Gasteiger partial charge in [-0.05, 0) is 28.3 Å². The summed E-state index contributed by atoms with van der Waals surface area (Å²) in [5.74, 6) is 1.80. The molecule has 4 rings (SSSR count). The average molecular weight is 523 g/mol. The first-order valence-corrected chi connectivity index (χ1v) is 11.1. The molecule has 33 heavy (non-hydrogen) atoms. The van der Waals surface area contributed by atoms with Crippen LogP contribution in [0.2, 0.25) is 0 Å². The van der Waals surface area contributed by atoms with Gasteiger partial charge in [-0.25, -0.2) is 0 Å². The Balaban J connectivity index is 0.00000306. The third-order valence-corrected chi connectivity index (χ3v) is 6.95. The molecule has 0 radical (unpaired) electrons. The van der Waals surface area contributed by atoms with Crippen LogP contribution in [0.5, 0.6) is 17.2 Å². The zero-order valence-electron chi connectivity index (χ0n) is 19.0. The molecular weight excluding hydrogens is 495 g/mol. The molecule has 0 fully saturated rings. The van der Waals surface area contributed by atoms with E-state index >= 15 is 0 Å². The van der Waals surface area contributed by atoms with Crippen molar-refractivity contribution in [2.45, 2.75) is 4.32 Å². The normalized spacial score (nSPS) is 10.8. The zero-order valence-corrected chi connectivity index (χ0v) is 22.0. The molecule has 0 bridgehead atoms. The molecule has 0 aliphatic rings. The Kier molecular flexibility index (Phi) is 8.18. The van der Waals surface area contributed by atoms with Gasteiger partial charge < -0.3 is 14.2 Å². The number of benzene rings is 4. The summed E-state index contributed by atoms with van der Waals surface area (Å²) >= 11 is 4.18. The topological polar surface area (TPSA) is 27.7 Å². The maximum Gasteiger partial charge on any atom is 0.203 e. The van der Waals surface area contributed by atoms with E-state index in [0.29, 0.717) is 17.2 Å². The van der Waals surface area contributed by atoms with Crippen LogP contribution in [-0.4, -0.2) is 21.3 Å². The molecule has 0 saturated carbocycles. The Morgan fingerprint density at radius 1 is 0.606 bits per heavy atom. The van der Waals surface area contributed by atoms with Crippen LogP contribution in [-0.2, 0) is 4.32 Å². The lowest BCUT2D eigenvalue weighted by atomic mass is 9.80. The predicted molar refractivity (Wildman–Crippen MR) is 144 cm³/mol. The molecule has 0 aliphatic carbocycles. The van der Waals surface area contributed by atoms with Crippen LogP contribution in [0.4, 0.5) is 0 Å². The van der Waals surface area contributed by atoms with Crippen molar-refractivity contribution in [2.75, 3.05) is 21.3 Å². The van der Waals surface area contributed by atoms with Gasteiger partial charge in [0.25, 0.3) is 0 Å². The molecule has 1 atom stereocenters. The molecule has 4 aromatic carbocycles. The van der Waals surface area contributed by atoms with Gasteiger partial charge in [-0.3, -0.25) is 0 Å². The summed E-state index contributed by atoms with van der Waals surface area (Å²) in [4.78, 5) is 0. The molecule has 170 valence electrons. The lowest BCUT2D eigenvalue weighted by molar-refractivity contribution is 0.324. The van der Waals surface area contributed by atoms with E-state index < -0.39 is 4.32 Å². The summed E-state index contributed by atoms with van der Waals surface area (Å²) in [5.41, 5.74) is 5.15. The van der Waals surface area contributed by atoms with E-state index in [1.54, 1.807) is 21.3 Å². The van der Waals surface area contributed by atoms with E-state index in [1.165, 1.54) is 0 Å². The fourth-order valence-electron chi connectivity index (χ4n) is 4.13. The summed E-state index contributed by atoms with van der Waals surface area (Å²) in [6.45, 7) is 0. The first kappa shape index (κ1) is 24.8. The molecule has 0 aromatic heterocycles. The summed E-state index contributed by atoms with van der Waals surface area (Å²) < 4.78 is 16.8. The molecule has 0 spiro atoms. The second-order valence-corrected chi connectivity index (χ2v) is 8.51. The second-order valence-electron chi connectivity index (χ2n) is 7.32. The third-order valence-electron chi connectivity index (χ3n) is 5.61. The van der Waals surface area contributed by atoms with Crippen LogP contribution in [0, 0.1) is 0 Å². The van der Waals surface area contributed by atoms with Gasteiger partial charge in [0.15, 0.2) is 11.5 Å². The fourth-order valence-corrected chi connectivity index (χ4v) is 4.97. The molecule has 4 aromatic rings. The molecule has 3 nitrogen and oxygen atoms in total. The molecule has 1 unspecified atom stereocenters. The van der Waals surface area contributed by atoms with E-state index in [1.807, 2.05) is 36.4 Å². The summed E-state index contributed by atoms with van der Waals surface area (Å²) in [7, 11) is 4.93. The van der Waals surface area contributed by atoms with Gasteiger partial charge in [-0.1, -0.05) is 107 Å². The van der Waals surface area contributed by atoms with Gasteiger partial charge in [0.2, 0.25) is 5.75 Å². The minimum absolute atomic E-state index is 0. The number of halogens is 1. The van der Waals surface area contributed by atoms with Gasteiger partial charge in [0.1, 0.15) is 4.32 Å². The molecular formula is C28H28BrO3P. The van der Waals surface area contributed by atoms with Crippen LogP contribution < -0.4 is 14.2 Å². The molecule has 5 heteroatoms. The highest BCUT2D eigenvalue weighted by molar-refractivity contribution is 9.10. The highest BCUT2D eigenvalue weighted by Gasteiger charge is 2.38. The smallest absolute Gasteiger partial charge is 0.203 e. The average Bonchev–Trinajstić information content (AvgIpc) is 2.88. The number of alkyl halides is 1. The van der Waals surface area contributed by atoms with Crippen LogP contribution in [0.25, 0.3) is 11.1 Å². The lowest BCUT2D eigenvalue weighted by Gasteiger charge is -2.33. The minimum Gasteiger partial charge on any atom is -0.493 e. The van der Waals surface area contributed by atoms with E-state index in [0.717, 1.165) is 27.8 Å². The zero-order chi connectivity index (χ0) is 22.6. The van der Waals surface area contributed by atoms with Crippen molar-refractivity contribution in [3.05, 3.63) is 114 Å². The Morgan fingerprint density at radius 3 is 1.48 bits per heavy atom. The first-order valence-electron chi connectivity index (χ1n) is 10.3. The highest BCUT2D eigenvalue weighted by atomic mass is 79.9. The maximum atomic E-state index is 5.95. The number of ether oxygens (including phenoxy) is 3. The molecule has 0 amide bonds. The van der Waals surface area contributed by atoms with Crippen molar-refractivity contribution in [3.63, 3.8) is 0 Å². The van der Waals surface area contributed by atoms with Crippen molar-refractivity contribution in [3.8, 4) is 28.4 Å². The first-order chi connectivity index (χ1) is 15.6. The lowest BCUT2D eigenvalue weighted by Crippen LogP contribution is -2.23. The molecule has 0 saturated heterocycles. The summed E-state index contributed by atoms with van der Waals surface area (Å²) in [5, 5.41) is 0. The summed E-state index contributed by atoms with van der Waals surface area (Å²) in [6.07, 6.45) is 0. The molecule has 0 aliphatic heterocycles. The van der Waals surface area contributed by atoms with Gasteiger partial charge in [-0.2, -0.15) is 9.90 Å². The maximum absolute atomic E-state index is 5.95. The monoisotopic (exact) mass is 522 g/mol. The van der Waals surface area contributed by atoms with E-state index in [4.69, 9.17) is 14.2 Å². The standard InChI is InChI=1S/C28H25BrO3.H3P/c1-30-24-19-23(25(20-13-7-4-8-14-20)27(32-3)26(24)31-2)28(29,21-15-9-5-10-16-21)22-17-11-6-12-18-22;/h4-19H,1-3H3;1H3. The third kappa shape index (κ3) is 4.51. The van der Waals surface area contributed by atoms with Crippen molar-refractivity contribution in [1.82, 2.24) is 0 Å². The Hall–Kier alpha value is -2.81. The number of hydrogen-bond acceptors (Lipinski definition) is 3. The van der Waals surface area contributed by atoms with Gasteiger partial charge in [0.05, 0.1) is 21.3 Å². The van der Waals surface area contributed by atoms with E-state index in [-0.39, 0.29) is 9.90 Å². The van der Waals surface area contributed by atoms with Crippen molar-refractivity contribution in [1.29, 1.82) is 0 Å². The molecule has 0 heterocycles. The number of methoxy groups -OCH3 is 3. The highest BCUT2D eigenvalue weighted by Crippen LogP contribution is 2.55. The minimum atomic E-state index is -0.659. The summed E-state index contributed by atoms with van der Waals surface area (Å²) in [6, 6.07) is 33.0. The number of hydrogen-bond donors (Lipinski definition) is 0. The number of rotatable bonds is 7. The van der Waals surface area contributed by atoms with Crippen LogP contribution in [0.15, 0.2) is 97.1 Å². The largest absolute Gasteiger partial charge is 0.493 e. The van der Waals surface area contributed by atoms with Crippen LogP contribution in [0.3, 0.4) is 0 Å². The Bertz CT molecular complexity index is 1140.